The van der Waals surface area contributed by atoms with Gasteiger partial charge in [0.2, 0.25) is 0 Å². The first-order valence-corrected chi connectivity index (χ1v) is 16.5. The average molecular weight is 731 g/mol. The second-order valence-electron chi connectivity index (χ2n) is 11.9. The Labute approximate surface area is 274 Å². The van der Waals surface area contributed by atoms with Crippen LogP contribution in [0.3, 0.4) is 0 Å². The van der Waals surface area contributed by atoms with Crippen molar-refractivity contribution in [2.75, 3.05) is 0 Å². The molecule has 11 heteroatoms. The number of fused-ring (bicyclic) bond motifs is 1. The van der Waals surface area contributed by atoms with Crippen LogP contribution in [0.2, 0.25) is 0 Å². The standard InChI is InChI=1S/C12H17N.C10H12.C9H7NO.C4H4F6O.Mo/c1-8(2)10-6-5-7-11(9(3)4)12(10)13;1-10(2,3)9-7-5-4-6-8-9;11-8-5-1-3-7-4-2-6-10-9(7)8;1-2(11,3(5,6)7)4(8,9)10;/h5-9H,1-4H3;1,4-8H,2-3H3;1-6,11H;11H,1H3;. The van der Waals surface area contributed by atoms with Gasteiger partial charge in [-0.3, -0.25) is 4.98 Å². The molecule has 2 N–H and O–H groups in total. The third-order valence-electron chi connectivity index (χ3n) is 7.07. The molecule has 0 amide bonds. The van der Waals surface area contributed by atoms with Gasteiger partial charge in [0.1, 0.15) is 11.3 Å². The molecule has 0 saturated carbocycles. The Balaban J connectivity index is 0.000000277. The van der Waals surface area contributed by atoms with E-state index in [0.29, 0.717) is 17.4 Å². The van der Waals surface area contributed by atoms with Crippen molar-refractivity contribution in [1.29, 1.82) is 0 Å². The molecule has 4 nitrogen and oxygen atoms in total. The summed E-state index contributed by atoms with van der Waals surface area (Å²) >= 11 is -0.553. The second kappa shape index (κ2) is 16.0. The summed E-state index contributed by atoms with van der Waals surface area (Å²) < 4.78 is 75.7. The quantitative estimate of drug-likeness (QED) is 0.159. The number of rotatable bonds is 5. The number of hydrogen-bond donors (Lipinski definition) is 2. The van der Waals surface area contributed by atoms with Crippen molar-refractivity contribution in [3.05, 3.63) is 102 Å². The predicted molar refractivity (Wildman–Crippen MR) is 168 cm³/mol. The Hall–Kier alpha value is -3.23. The van der Waals surface area contributed by atoms with Crippen LogP contribution >= 0.6 is 0 Å². The van der Waals surface area contributed by atoms with E-state index in [2.05, 4.69) is 99.5 Å². The number of aliphatic hydroxyl groups is 1. The van der Waals surface area contributed by atoms with Crippen LogP contribution < -0.4 is 0 Å². The van der Waals surface area contributed by atoms with E-state index in [0.717, 1.165) is 5.39 Å². The molecule has 0 aliphatic rings. The first kappa shape index (κ1) is 38.9. The Morgan fingerprint density at radius 3 is 1.67 bits per heavy atom. The van der Waals surface area contributed by atoms with E-state index in [4.69, 9.17) is 8.60 Å². The Bertz CT molecular complexity index is 1580. The number of halogens is 6. The van der Waals surface area contributed by atoms with Crippen molar-refractivity contribution < 1.29 is 54.5 Å². The van der Waals surface area contributed by atoms with Gasteiger partial charge < -0.3 is 10.2 Å². The third-order valence-corrected chi connectivity index (χ3v) is 9.48. The largest absolute Gasteiger partial charge is 0.506 e. The third kappa shape index (κ3) is 10.4. The molecule has 0 bridgehead atoms. The molecule has 3 aromatic carbocycles. The van der Waals surface area contributed by atoms with E-state index in [1.807, 2.05) is 18.2 Å². The van der Waals surface area contributed by atoms with Crippen molar-refractivity contribution in [2.45, 2.75) is 83.7 Å². The van der Waals surface area contributed by atoms with E-state index in [9.17, 15) is 31.4 Å². The van der Waals surface area contributed by atoms with E-state index in [1.54, 1.807) is 18.3 Å². The second-order valence-corrected chi connectivity index (χ2v) is 13.5. The SMILES string of the molecule is CC(C)c1cccc(C(C)C)c1[N]=[Mo]=[CH]C(C)(C)c1ccccc1.CC(O)(C(F)(F)F)C(F)(F)F.Oc1cccc2cccnc12. The molecule has 0 saturated heterocycles. The topological polar surface area (TPSA) is 65.7 Å². The summed E-state index contributed by atoms with van der Waals surface area (Å²) in [4.78, 5) is 4.03. The Kier molecular flexibility index (Phi) is 13.6. The van der Waals surface area contributed by atoms with E-state index >= 15 is 0 Å². The minimum absolute atomic E-state index is 0.0811. The molecular formula is C35H40F6MoN2O2. The smallest absolute Gasteiger partial charge is 0.425 e. The molecule has 0 atom stereocenters. The van der Waals surface area contributed by atoms with Crippen LogP contribution in [0.5, 0.6) is 5.75 Å². The van der Waals surface area contributed by atoms with Gasteiger partial charge in [-0.1, -0.05) is 18.2 Å². The zero-order valence-electron chi connectivity index (χ0n) is 26.8. The molecule has 0 spiro atoms. The molecule has 1 aromatic heterocycles. The molecule has 0 unspecified atom stereocenters. The summed E-state index contributed by atoms with van der Waals surface area (Å²) in [5.41, 5.74) is 1.51. The number of phenolic OH excluding ortho intramolecular Hbond substituents is 1. The van der Waals surface area contributed by atoms with Crippen molar-refractivity contribution in [2.24, 2.45) is 3.50 Å². The number of aromatic hydroxyl groups is 1. The summed E-state index contributed by atoms with van der Waals surface area (Å²) in [7, 11) is 0. The number of benzene rings is 3. The van der Waals surface area contributed by atoms with Crippen molar-refractivity contribution in [1.82, 2.24) is 4.98 Å². The van der Waals surface area contributed by atoms with Crippen LogP contribution in [-0.4, -0.2) is 37.6 Å². The molecule has 4 rings (SSSR count). The molecule has 0 radical (unpaired) electrons. The fourth-order valence-corrected chi connectivity index (χ4v) is 5.90. The Morgan fingerprint density at radius 1 is 0.717 bits per heavy atom. The first-order chi connectivity index (χ1) is 21.2. The number of pyridine rings is 1. The van der Waals surface area contributed by atoms with Crippen LogP contribution in [0.4, 0.5) is 32.0 Å². The monoisotopic (exact) mass is 732 g/mol. The van der Waals surface area contributed by atoms with Gasteiger partial charge >= 0.3 is 168 Å². The average Bonchev–Trinajstić information content (AvgIpc) is 2.97. The Morgan fingerprint density at radius 2 is 1.22 bits per heavy atom. The van der Waals surface area contributed by atoms with Gasteiger partial charge in [0.25, 0.3) is 5.60 Å². The van der Waals surface area contributed by atoms with Gasteiger partial charge in [-0.25, -0.2) is 0 Å². The zero-order chi connectivity index (χ0) is 34.9. The minimum atomic E-state index is -5.69. The predicted octanol–water partition coefficient (Wildman–Crippen LogP) is 10.4. The molecule has 0 aliphatic heterocycles. The summed E-state index contributed by atoms with van der Waals surface area (Å²) in [5, 5.41) is 18.2. The van der Waals surface area contributed by atoms with Crippen LogP contribution in [0, 0.1) is 0 Å². The number of hydrogen-bond acceptors (Lipinski definition) is 4. The summed E-state index contributed by atoms with van der Waals surface area (Å²) in [6.07, 6.45) is -9.71. The molecule has 0 aliphatic carbocycles. The van der Waals surface area contributed by atoms with Gasteiger partial charge in [-0.2, -0.15) is 26.3 Å². The van der Waals surface area contributed by atoms with E-state index in [-0.39, 0.29) is 18.1 Å². The van der Waals surface area contributed by atoms with Crippen LogP contribution in [0.15, 0.2) is 88.6 Å². The molecule has 4 aromatic rings. The normalized spacial score (nSPS) is 12.2. The molecule has 46 heavy (non-hydrogen) atoms. The maximum absolute atomic E-state index is 11.4. The zero-order valence-corrected chi connectivity index (χ0v) is 28.8. The summed E-state index contributed by atoms with van der Waals surface area (Å²) in [6, 6.07) is 26.5. The van der Waals surface area contributed by atoms with Crippen LogP contribution in [0.25, 0.3) is 10.9 Å². The molecule has 1 heterocycles. The number of aromatic nitrogens is 1. The van der Waals surface area contributed by atoms with Crippen LogP contribution in [0.1, 0.15) is 77.0 Å². The van der Waals surface area contributed by atoms with Crippen molar-refractivity contribution in [3.63, 3.8) is 0 Å². The maximum Gasteiger partial charge on any atom is 0.425 e. The molecular weight excluding hydrogens is 690 g/mol. The van der Waals surface area contributed by atoms with Crippen molar-refractivity contribution in [3.8, 4) is 5.75 Å². The van der Waals surface area contributed by atoms with E-state index < -0.39 is 35.9 Å². The van der Waals surface area contributed by atoms with Crippen LogP contribution in [-0.2, 0) is 23.3 Å². The number of para-hydroxylation sites is 1. The molecule has 250 valence electrons. The fourth-order valence-electron chi connectivity index (χ4n) is 4.01. The molecule has 0 fully saturated rings. The van der Waals surface area contributed by atoms with Gasteiger partial charge in [-0.15, -0.1) is 0 Å². The minimum Gasteiger partial charge on any atom is -0.506 e. The first-order valence-electron chi connectivity index (χ1n) is 14.5. The van der Waals surface area contributed by atoms with Gasteiger partial charge in [0.05, 0.1) is 0 Å². The van der Waals surface area contributed by atoms with Gasteiger partial charge in [0.15, 0.2) is 0 Å². The van der Waals surface area contributed by atoms with Gasteiger partial charge in [-0.05, 0) is 19.1 Å². The summed E-state index contributed by atoms with van der Waals surface area (Å²) in [6.45, 7) is 13.3. The van der Waals surface area contributed by atoms with Gasteiger partial charge in [0, 0.05) is 11.6 Å². The number of nitrogens with zero attached hydrogens (tertiary/aromatic N) is 2. The number of alkyl halides is 6. The number of phenols is 1. The van der Waals surface area contributed by atoms with Crippen molar-refractivity contribution >= 4 is 21.0 Å². The maximum atomic E-state index is 11.4. The van der Waals surface area contributed by atoms with E-state index in [1.165, 1.54) is 22.4 Å². The summed E-state index contributed by atoms with van der Waals surface area (Å²) in [5.74, 6) is 1.26. The fraction of sp³-hybridized carbons (Fsp3) is 0.371.